The number of unbranched alkanes of at least 4 members (excludes halogenated alkanes) is 2. The number of nitrogens with zero attached hydrogens (tertiary/aromatic N) is 2. The molecule has 1 unspecified atom stereocenters. The van der Waals surface area contributed by atoms with E-state index < -0.39 is 0 Å². The molecule has 1 amide bonds. The Hall–Kier alpha value is -2.99. The number of likely N-dealkylation sites (tertiary alicyclic amines) is 1. The van der Waals surface area contributed by atoms with Gasteiger partial charge in [-0.15, -0.1) is 0 Å². The fourth-order valence-electron chi connectivity index (χ4n) is 5.47. The number of carbonyl (C=O) groups is 2. The number of aromatic amines is 1. The molecule has 1 aliphatic rings. The number of piperidine rings is 1. The molecule has 0 aliphatic carbocycles. The van der Waals surface area contributed by atoms with Gasteiger partial charge in [0.05, 0.1) is 17.8 Å². The van der Waals surface area contributed by atoms with Crippen molar-refractivity contribution in [2.45, 2.75) is 90.0 Å². The van der Waals surface area contributed by atoms with Gasteiger partial charge in [0.1, 0.15) is 11.6 Å². The van der Waals surface area contributed by atoms with Crippen molar-refractivity contribution < 1.29 is 9.59 Å². The number of H-pyrrole nitrogens is 1. The van der Waals surface area contributed by atoms with Crippen LogP contribution in [0.1, 0.15) is 90.3 Å². The molecular formula is C32H44N4O2. The zero-order chi connectivity index (χ0) is 27.0. The third kappa shape index (κ3) is 7.31. The Bertz CT molecular complexity index is 1210. The molecule has 0 bridgehead atoms. The molecular weight excluding hydrogens is 472 g/mol. The third-order valence-electron chi connectivity index (χ3n) is 8.05. The van der Waals surface area contributed by atoms with Crippen LogP contribution in [0.4, 0.5) is 0 Å². The third-order valence-corrected chi connectivity index (χ3v) is 8.05. The first-order chi connectivity index (χ1) is 18.4. The van der Waals surface area contributed by atoms with Gasteiger partial charge in [-0.3, -0.25) is 14.5 Å². The molecule has 38 heavy (non-hydrogen) atoms. The number of benzene rings is 2. The second-order valence-corrected chi connectivity index (χ2v) is 11.4. The summed E-state index contributed by atoms with van der Waals surface area (Å²) in [5.74, 6) is 0.707. The van der Waals surface area contributed by atoms with Crippen LogP contribution in [0.5, 0.6) is 0 Å². The number of fused-ring (bicyclic) bond motifs is 1. The van der Waals surface area contributed by atoms with Gasteiger partial charge in [0.2, 0.25) is 5.91 Å². The number of nitrogens with one attached hydrogen (secondary N) is 2. The highest BCUT2D eigenvalue weighted by molar-refractivity contribution is 5.87. The number of aromatic nitrogens is 2. The second-order valence-electron chi connectivity index (χ2n) is 11.4. The van der Waals surface area contributed by atoms with Gasteiger partial charge in [0, 0.05) is 30.5 Å². The summed E-state index contributed by atoms with van der Waals surface area (Å²) in [5, 5.41) is 5.64. The van der Waals surface area contributed by atoms with E-state index in [0.29, 0.717) is 37.4 Å². The minimum atomic E-state index is -0.344. The van der Waals surface area contributed by atoms with Crippen LogP contribution in [0.2, 0.25) is 0 Å². The number of rotatable bonds is 13. The first kappa shape index (κ1) is 28.0. The number of hydrogen-bond acceptors (Lipinski definition) is 4. The molecule has 2 N–H and O–H groups in total. The Morgan fingerprint density at radius 3 is 2.55 bits per heavy atom. The molecule has 2 aromatic carbocycles. The van der Waals surface area contributed by atoms with Crippen molar-refractivity contribution in [1.82, 2.24) is 20.2 Å². The van der Waals surface area contributed by atoms with Gasteiger partial charge in [0.15, 0.2) is 0 Å². The van der Waals surface area contributed by atoms with Gasteiger partial charge < -0.3 is 10.3 Å². The van der Waals surface area contributed by atoms with Crippen molar-refractivity contribution >= 4 is 22.5 Å². The average molecular weight is 517 g/mol. The summed E-state index contributed by atoms with van der Waals surface area (Å²) in [5.41, 5.74) is 1.90. The van der Waals surface area contributed by atoms with E-state index in [1.165, 1.54) is 30.0 Å². The summed E-state index contributed by atoms with van der Waals surface area (Å²) in [6.45, 7) is 9.17. The molecule has 0 radical (unpaired) electrons. The van der Waals surface area contributed by atoms with Crippen LogP contribution >= 0.6 is 0 Å². The van der Waals surface area contributed by atoms with Crippen molar-refractivity contribution in [1.29, 1.82) is 0 Å². The zero-order valence-electron chi connectivity index (χ0n) is 23.4. The van der Waals surface area contributed by atoms with Crippen LogP contribution in [-0.2, 0) is 9.59 Å². The lowest BCUT2D eigenvalue weighted by atomic mass is 9.96. The maximum absolute atomic E-state index is 13.6. The molecule has 2 heterocycles. The van der Waals surface area contributed by atoms with Crippen LogP contribution in [0.25, 0.3) is 22.0 Å². The van der Waals surface area contributed by atoms with Gasteiger partial charge >= 0.3 is 0 Å². The molecule has 1 saturated heterocycles. The van der Waals surface area contributed by atoms with E-state index in [9.17, 15) is 9.59 Å². The molecule has 6 heteroatoms. The summed E-state index contributed by atoms with van der Waals surface area (Å²) in [6.07, 6.45) is 10.2. The zero-order valence-corrected chi connectivity index (χ0v) is 23.4. The minimum Gasteiger partial charge on any atom is -0.354 e. The predicted octanol–water partition coefficient (Wildman–Crippen LogP) is 6.62. The number of hydrogen-bond donors (Lipinski definition) is 2. The second kappa shape index (κ2) is 13.2. The maximum Gasteiger partial charge on any atom is 0.230 e. The summed E-state index contributed by atoms with van der Waals surface area (Å²) in [7, 11) is 0. The molecule has 4 rings (SSSR count). The van der Waals surface area contributed by atoms with Crippen LogP contribution < -0.4 is 5.32 Å². The minimum absolute atomic E-state index is 0.0270. The average Bonchev–Trinajstić information content (AvgIpc) is 3.43. The molecule has 0 spiro atoms. The van der Waals surface area contributed by atoms with E-state index in [4.69, 9.17) is 0 Å². The van der Waals surface area contributed by atoms with E-state index >= 15 is 0 Å². The number of ketones is 1. The Balaban J connectivity index is 1.46. The highest BCUT2D eigenvalue weighted by atomic mass is 16.2. The molecule has 1 aliphatic heterocycles. The van der Waals surface area contributed by atoms with Crippen LogP contribution in [0.3, 0.4) is 0 Å². The van der Waals surface area contributed by atoms with Crippen molar-refractivity contribution in [2.24, 2.45) is 0 Å². The van der Waals surface area contributed by atoms with Gasteiger partial charge in [-0.25, -0.2) is 4.98 Å². The van der Waals surface area contributed by atoms with Gasteiger partial charge in [-0.1, -0.05) is 62.6 Å². The Morgan fingerprint density at radius 1 is 1.03 bits per heavy atom. The Labute approximate surface area is 227 Å². The van der Waals surface area contributed by atoms with Crippen LogP contribution in [-0.4, -0.2) is 51.7 Å². The van der Waals surface area contributed by atoms with Gasteiger partial charge in [-0.05, 0) is 69.5 Å². The van der Waals surface area contributed by atoms with Crippen LogP contribution in [0, 0.1) is 0 Å². The summed E-state index contributed by atoms with van der Waals surface area (Å²) in [6, 6.07) is 14.7. The summed E-state index contributed by atoms with van der Waals surface area (Å²) >= 11 is 0. The Morgan fingerprint density at radius 2 is 1.79 bits per heavy atom. The fraction of sp³-hybridized carbons (Fsp3) is 0.531. The normalized spacial score (nSPS) is 15.4. The quantitative estimate of drug-likeness (QED) is 0.250. The van der Waals surface area contributed by atoms with E-state index in [2.05, 4.69) is 64.4 Å². The molecule has 6 nitrogen and oxygen atoms in total. The van der Waals surface area contributed by atoms with E-state index in [-0.39, 0.29) is 17.4 Å². The van der Waals surface area contributed by atoms with Crippen LogP contribution in [0.15, 0.2) is 48.7 Å². The Kier molecular flexibility index (Phi) is 9.73. The van der Waals surface area contributed by atoms with E-state index in [1.54, 1.807) is 0 Å². The van der Waals surface area contributed by atoms with E-state index in [1.807, 2.05) is 25.3 Å². The predicted molar refractivity (Wildman–Crippen MR) is 155 cm³/mol. The number of imidazole rings is 1. The highest BCUT2D eigenvalue weighted by Gasteiger charge is 2.30. The number of amides is 1. The molecule has 1 atom stereocenters. The monoisotopic (exact) mass is 516 g/mol. The van der Waals surface area contributed by atoms with Crippen molar-refractivity contribution in [3.05, 3.63) is 54.5 Å². The van der Waals surface area contributed by atoms with Crippen molar-refractivity contribution in [3.8, 4) is 11.3 Å². The molecule has 0 saturated carbocycles. The lowest BCUT2D eigenvalue weighted by molar-refractivity contribution is -0.123. The standard InChI is InChI=1S/C32H44N4O2/c1-4-27(37)15-7-5-8-16-28(31(38)34-23-32(2,3)36-19-11-6-12-20-36)30-33-22-29(35-30)26-18-17-24-13-9-10-14-25(24)21-26/h9-10,13-14,17-18,21-22,28H,4-8,11-12,15-16,19-20,23H2,1-3H3,(H,33,35)(H,34,38). The maximum atomic E-state index is 13.6. The van der Waals surface area contributed by atoms with Crippen molar-refractivity contribution in [2.75, 3.05) is 19.6 Å². The molecule has 204 valence electrons. The lowest BCUT2D eigenvalue weighted by Crippen LogP contribution is -2.53. The fourth-order valence-corrected chi connectivity index (χ4v) is 5.47. The highest BCUT2D eigenvalue weighted by Crippen LogP contribution is 2.27. The number of Topliss-reactive ketones (excluding diaryl/α,β-unsaturated/α-hetero) is 1. The molecule has 1 aromatic heterocycles. The number of carbonyl (C=O) groups excluding carboxylic acids is 2. The smallest absolute Gasteiger partial charge is 0.230 e. The largest absolute Gasteiger partial charge is 0.354 e. The van der Waals surface area contributed by atoms with E-state index in [0.717, 1.165) is 43.6 Å². The summed E-state index contributed by atoms with van der Waals surface area (Å²) in [4.78, 5) is 35.9. The topological polar surface area (TPSA) is 78.1 Å². The van der Waals surface area contributed by atoms with Gasteiger partial charge in [0.25, 0.3) is 0 Å². The lowest BCUT2D eigenvalue weighted by Gasteiger charge is -2.41. The van der Waals surface area contributed by atoms with Crippen molar-refractivity contribution in [3.63, 3.8) is 0 Å². The summed E-state index contributed by atoms with van der Waals surface area (Å²) < 4.78 is 0. The molecule has 3 aromatic rings. The first-order valence-electron chi connectivity index (χ1n) is 14.5. The SMILES string of the molecule is CCC(=O)CCCCCC(C(=O)NCC(C)(C)N1CCCCC1)c1ncc(-c2ccc3ccccc3c2)[nH]1. The van der Waals surface area contributed by atoms with Gasteiger partial charge in [-0.2, -0.15) is 0 Å². The molecule has 1 fully saturated rings. The first-order valence-corrected chi connectivity index (χ1v) is 14.5.